The molecule has 4 aliphatic heterocycles. The molecule has 6 aliphatic rings. The molecule has 2 aliphatic carbocycles. The summed E-state index contributed by atoms with van der Waals surface area (Å²) in [4.78, 5) is 42.9. The van der Waals surface area contributed by atoms with Gasteiger partial charge in [0.15, 0.2) is 0 Å². The fourth-order valence-electron chi connectivity index (χ4n) is 9.21. The largest absolute Gasteiger partial charge is 0.369 e. The van der Waals surface area contributed by atoms with E-state index in [1.165, 1.54) is 98.1 Å². The number of hydrogen-bond acceptors (Lipinski definition) is 9. The van der Waals surface area contributed by atoms with Gasteiger partial charge in [-0.1, -0.05) is 27.7 Å². The zero-order valence-electron chi connectivity index (χ0n) is 32.9. The lowest BCUT2D eigenvalue weighted by molar-refractivity contribution is -0.129. The van der Waals surface area contributed by atoms with E-state index < -0.39 is 0 Å². The molecule has 1 N–H and O–H groups in total. The number of hydrogen-bond donors (Lipinski definition) is 1. The highest BCUT2D eigenvalue weighted by atomic mass is 35.5. The summed E-state index contributed by atoms with van der Waals surface area (Å²) in [5.41, 5.74) is 7.45. The van der Waals surface area contributed by atoms with Crippen LogP contribution in [0.5, 0.6) is 0 Å². The highest BCUT2D eigenvalue weighted by Gasteiger charge is 2.29. The van der Waals surface area contributed by atoms with Crippen LogP contribution >= 0.6 is 11.6 Å². The Hall–Kier alpha value is -3.71. The molecule has 1 amide bonds. The molecule has 57 heavy (non-hydrogen) atoms. The molecular weight excluding hydrogens is 736 g/mol. The van der Waals surface area contributed by atoms with Gasteiger partial charge in [0, 0.05) is 142 Å². The van der Waals surface area contributed by atoms with Gasteiger partial charge < -0.3 is 29.2 Å². The van der Waals surface area contributed by atoms with Crippen LogP contribution in [0.15, 0.2) is 36.4 Å². The van der Waals surface area contributed by atoms with Gasteiger partial charge in [0.2, 0.25) is 11.1 Å². The molecule has 0 atom stereocenters. The number of piperazine rings is 2. The highest BCUT2D eigenvalue weighted by molar-refractivity contribution is 6.62. The predicted molar refractivity (Wildman–Crippen MR) is 235 cm³/mol. The molecule has 13 heteroatoms. The van der Waals surface area contributed by atoms with E-state index in [9.17, 15) is 9.59 Å². The fourth-order valence-corrected chi connectivity index (χ4v) is 9.21. The number of amides is 1. The average molecular weight is 804 g/mol. The Bertz CT molecular complexity index is 1950. The lowest BCUT2D eigenvalue weighted by atomic mass is 9.91. The zero-order valence-corrected chi connectivity index (χ0v) is 33.7. The van der Waals surface area contributed by atoms with Gasteiger partial charge in [-0.25, -0.2) is 9.97 Å². The van der Waals surface area contributed by atoms with Crippen molar-refractivity contribution >= 4 is 56.2 Å². The molecule has 0 radical (unpaired) electrons. The average Bonchev–Trinajstić information content (AvgIpc) is 3.51. The summed E-state index contributed by atoms with van der Waals surface area (Å²) in [6.07, 6.45) is 10.5. The Morgan fingerprint density at radius 1 is 0.614 bits per heavy atom. The molecule has 2 aromatic heterocycles. The van der Waals surface area contributed by atoms with Crippen LogP contribution in [0.3, 0.4) is 0 Å². The van der Waals surface area contributed by atoms with Crippen LogP contribution in [0, 0.1) is 0 Å². The first-order valence-electron chi connectivity index (χ1n) is 20.9. The van der Waals surface area contributed by atoms with Gasteiger partial charge in [-0.2, -0.15) is 0 Å². The highest BCUT2D eigenvalue weighted by Crippen LogP contribution is 2.30. The van der Waals surface area contributed by atoms with Crippen LogP contribution in [0.2, 0.25) is 0 Å². The van der Waals surface area contributed by atoms with Crippen molar-refractivity contribution < 1.29 is 9.59 Å². The van der Waals surface area contributed by atoms with Crippen LogP contribution < -0.4 is 15.1 Å². The number of carbonyl (C=O) groups excluding carboxylic acids is 2. The molecule has 4 fully saturated rings. The van der Waals surface area contributed by atoms with E-state index in [0.717, 1.165) is 109 Å². The molecule has 4 aromatic rings. The van der Waals surface area contributed by atoms with Crippen molar-refractivity contribution in [1.29, 1.82) is 0 Å². The first-order valence-corrected chi connectivity index (χ1v) is 21.3. The van der Waals surface area contributed by atoms with Crippen molar-refractivity contribution in [3.63, 3.8) is 0 Å². The Morgan fingerprint density at radius 2 is 1.05 bits per heavy atom. The van der Waals surface area contributed by atoms with E-state index >= 15 is 0 Å². The van der Waals surface area contributed by atoms with Gasteiger partial charge in [-0.15, -0.1) is 0 Å². The van der Waals surface area contributed by atoms with Gasteiger partial charge in [0.25, 0.3) is 0 Å². The van der Waals surface area contributed by atoms with Crippen molar-refractivity contribution in [2.75, 3.05) is 88.3 Å². The molecule has 2 aromatic carbocycles. The van der Waals surface area contributed by atoms with Crippen molar-refractivity contribution in [2.45, 2.75) is 105 Å². The maximum absolute atomic E-state index is 11.5. The fraction of sp³-hybridized carbons (Fsp3) is 0.636. The van der Waals surface area contributed by atoms with E-state index in [-0.39, 0.29) is 26.0 Å². The third-order valence-electron chi connectivity index (χ3n) is 12.8. The van der Waals surface area contributed by atoms with Gasteiger partial charge in [0.1, 0.15) is 11.6 Å². The summed E-state index contributed by atoms with van der Waals surface area (Å²) in [5, 5.41) is 3.06. The summed E-state index contributed by atoms with van der Waals surface area (Å²) in [5.74, 6) is 2.70. The quantitative estimate of drug-likeness (QED) is 0.249. The number of anilines is 2. The number of rotatable bonds is 4. The van der Waals surface area contributed by atoms with Crippen molar-refractivity contribution in [2.24, 2.45) is 0 Å². The van der Waals surface area contributed by atoms with Crippen LogP contribution in [-0.4, -0.2) is 136 Å². The van der Waals surface area contributed by atoms with Crippen LogP contribution in [0.4, 0.5) is 11.4 Å². The molecule has 12 nitrogen and oxygen atoms in total. The van der Waals surface area contributed by atoms with Crippen molar-refractivity contribution in [3.8, 4) is 0 Å². The third-order valence-corrected chi connectivity index (χ3v) is 12.8. The molecule has 0 spiro atoms. The third kappa shape index (κ3) is 9.78. The van der Waals surface area contributed by atoms with E-state index in [4.69, 9.17) is 9.97 Å². The van der Waals surface area contributed by atoms with Gasteiger partial charge in [-0.05, 0) is 73.7 Å². The molecule has 312 valence electrons. The summed E-state index contributed by atoms with van der Waals surface area (Å²) in [6.45, 7) is 17.5. The van der Waals surface area contributed by atoms with Gasteiger partial charge in [0.05, 0.1) is 22.1 Å². The Kier molecular flexibility index (Phi) is 14.6. The van der Waals surface area contributed by atoms with Gasteiger partial charge >= 0.3 is 0 Å². The SMILES string of the molecule is C.C.CC(=O)Cl.CC(=O)N1CCN(c2ccc3c(c2)nc2n3CCN(C3CCC3)CC2)CC1.c1cc2c(cc1N1CCNCC1)nc1n2CCN(C2CCC2)CC1. The van der Waals surface area contributed by atoms with E-state index in [1.807, 2.05) is 4.90 Å². The number of nitrogens with zero attached hydrogens (tertiary/aromatic N) is 9. The Balaban J connectivity index is 0.000000172. The summed E-state index contributed by atoms with van der Waals surface area (Å²) in [7, 11) is 0. The van der Waals surface area contributed by atoms with E-state index in [0.29, 0.717) is 0 Å². The number of nitrogens with one attached hydrogen (secondary N) is 1. The summed E-state index contributed by atoms with van der Waals surface area (Å²) >= 11 is 4.64. The Morgan fingerprint density at radius 3 is 1.46 bits per heavy atom. The van der Waals surface area contributed by atoms with E-state index in [1.54, 1.807) is 6.92 Å². The van der Waals surface area contributed by atoms with Gasteiger partial charge in [-0.3, -0.25) is 19.4 Å². The second kappa shape index (κ2) is 19.4. The number of aromatic nitrogens is 4. The molecule has 10 rings (SSSR count). The lowest BCUT2D eigenvalue weighted by Gasteiger charge is -2.36. The first-order chi connectivity index (χ1) is 26.8. The Labute approximate surface area is 345 Å². The van der Waals surface area contributed by atoms with E-state index in [2.05, 4.69) is 82.0 Å². The molecule has 2 saturated heterocycles. The minimum absolute atomic E-state index is 0. The molecule has 0 bridgehead atoms. The van der Waals surface area contributed by atoms with Crippen molar-refractivity contribution in [1.82, 2.24) is 39.1 Å². The zero-order chi connectivity index (χ0) is 37.9. The summed E-state index contributed by atoms with van der Waals surface area (Å²) < 4.78 is 4.90. The second-order valence-electron chi connectivity index (χ2n) is 16.1. The normalized spacial score (nSPS) is 20.5. The number of fused-ring (bicyclic) bond motifs is 6. The van der Waals surface area contributed by atoms with Crippen LogP contribution in [0.1, 0.15) is 78.9 Å². The minimum Gasteiger partial charge on any atom is -0.369 e. The van der Waals surface area contributed by atoms with Crippen molar-refractivity contribution in [3.05, 3.63) is 48.0 Å². The lowest BCUT2D eigenvalue weighted by Crippen LogP contribution is -2.48. The number of benzene rings is 2. The molecule has 2 saturated carbocycles. The number of carbonyl (C=O) groups is 2. The standard InChI is InChI=1S/C21H29N5O.C19H27N5.C2H3ClO.2CH4/c1-16(27)23-9-11-25(12-10-23)18-5-6-20-19(15-18)22-21-7-8-24(13-14-26(20)21)17-3-2-4-17;1-2-15(3-1)22-9-6-19-21-17-14-16(23-10-7-20-8-11-23)4-5-18(17)24(19)13-12-22;1-2(3)4;;/h5-6,15,17H,2-4,7-14H2,1H3;4-5,14-15,20H,1-3,6-13H2;1H3;2*1H4. The maximum Gasteiger partial charge on any atom is 0.219 e. The predicted octanol–water partition coefficient (Wildman–Crippen LogP) is 6.02. The number of imidazole rings is 2. The smallest absolute Gasteiger partial charge is 0.219 e. The molecular formula is C44H67ClN10O2. The van der Waals surface area contributed by atoms with Crippen LogP contribution in [0.25, 0.3) is 22.1 Å². The topological polar surface area (TPSA) is 98.0 Å². The monoisotopic (exact) mass is 803 g/mol. The summed E-state index contributed by atoms with van der Waals surface area (Å²) in [6, 6.07) is 15.3. The second-order valence-corrected chi connectivity index (χ2v) is 16.7. The molecule has 0 unspecified atom stereocenters. The maximum atomic E-state index is 11.5. The van der Waals surface area contributed by atoms with Crippen LogP contribution in [-0.2, 0) is 35.5 Å². The number of halogens is 1. The molecule has 6 heterocycles. The first kappa shape index (κ1) is 42.9. The minimum atomic E-state index is -0.361.